The molecule has 2 fully saturated rings. The van der Waals surface area contributed by atoms with Gasteiger partial charge in [-0.05, 0) is 24.1 Å². The summed E-state index contributed by atoms with van der Waals surface area (Å²) in [5, 5.41) is 0. The summed E-state index contributed by atoms with van der Waals surface area (Å²) in [6, 6.07) is 6.06. The molecule has 0 spiro atoms. The van der Waals surface area contributed by atoms with E-state index in [9.17, 15) is 14.4 Å². The van der Waals surface area contributed by atoms with Crippen LogP contribution in [0.1, 0.15) is 18.4 Å². The van der Waals surface area contributed by atoms with E-state index < -0.39 is 41.7 Å². The van der Waals surface area contributed by atoms with Crippen LogP contribution in [0.4, 0.5) is 0 Å². The van der Waals surface area contributed by atoms with Gasteiger partial charge in [0.2, 0.25) is 5.91 Å². The lowest BCUT2D eigenvalue weighted by Crippen LogP contribution is -2.53. The fraction of sp³-hybridized carbons (Fsp3) is 0.522. The molecule has 0 unspecified atom stereocenters. The zero-order valence-electron chi connectivity index (χ0n) is 18.3. The smallest absolute Gasteiger partial charge is 0.331 e. The van der Waals surface area contributed by atoms with Gasteiger partial charge in [0.05, 0.1) is 40.3 Å². The number of fused-ring (bicyclic) bond motifs is 3. The standard InChI is InChI=1S/C23H27NO8/c1-28-15-9-7-14(8-10-15)13-24-20(22(27)30-3)23(12-17(25)29-2)18(21(24)26)19-16(32-23)6-4-5-11-31-19/h4,6-10,16,18-20H,5,11-13H2,1-3H3/t16-,18+,19+,20-,23+/m0/s1. The Morgan fingerprint density at radius 1 is 1.16 bits per heavy atom. The average molecular weight is 445 g/mol. The number of esters is 2. The van der Waals surface area contributed by atoms with E-state index in [1.165, 1.54) is 19.1 Å². The van der Waals surface area contributed by atoms with Gasteiger partial charge in [0, 0.05) is 6.54 Å². The first-order valence-electron chi connectivity index (χ1n) is 10.5. The summed E-state index contributed by atoms with van der Waals surface area (Å²) in [5.74, 6) is -1.73. The molecule has 5 atom stereocenters. The number of methoxy groups -OCH3 is 3. The normalized spacial score (nSPS) is 31.0. The SMILES string of the molecule is COC(=O)C[C@@]12O[C@H]3C=CCCO[C@H]3[C@@H]1C(=O)N(Cc1ccc(OC)cc1)[C@H]2C(=O)OC. The quantitative estimate of drug-likeness (QED) is 0.476. The number of carbonyl (C=O) groups excluding carboxylic acids is 3. The van der Waals surface area contributed by atoms with Crippen LogP contribution in [-0.2, 0) is 39.9 Å². The van der Waals surface area contributed by atoms with Crippen molar-refractivity contribution in [2.24, 2.45) is 5.92 Å². The lowest BCUT2D eigenvalue weighted by Gasteiger charge is -2.34. The Balaban J connectivity index is 1.76. The van der Waals surface area contributed by atoms with Crippen molar-refractivity contribution in [3.8, 4) is 5.75 Å². The number of likely N-dealkylation sites (tertiary alicyclic amines) is 1. The van der Waals surface area contributed by atoms with Crippen LogP contribution in [0.15, 0.2) is 36.4 Å². The fourth-order valence-corrected chi connectivity index (χ4v) is 4.94. The lowest BCUT2D eigenvalue weighted by molar-refractivity contribution is -0.165. The molecule has 0 saturated carbocycles. The summed E-state index contributed by atoms with van der Waals surface area (Å²) in [7, 11) is 4.08. The first-order chi connectivity index (χ1) is 15.4. The minimum absolute atomic E-state index is 0.138. The van der Waals surface area contributed by atoms with Gasteiger partial charge in [-0.1, -0.05) is 24.3 Å². The molecule has 1 aromatic rings. The zero-order chi connectivity index (χ0) is 22.9. The van der Waals surface area contributed by atoms with Gasteiger partial charge in [-0.25, -0.2) is 4.79 Å². The van der Waals surface area contributed by atoms with E-state index in [4.69, 9.17) is 23.7 Å². The van der Waals surface area contributed by atoms with Crippen molar-refractivity contribution in [1.29, 1.82) is 0 Å². The highest BCUT2D eigenvalue weighted by molar-refractivity contribution is 5.95. The molecule has 0 bridgehead atoms. The first kappa shape index (κ1) is 22.3. The van der Waals surface area contributed by atoms with Crippen LogP contribution < -0.4 is 4.74 Å². The predicted molar refractivity (Wildman–Crippen MR) is 111 cm³/mol. The van der Waals surface area contributed by atoms with Crippen molar-refractivity contribution in [1.82, 2.24) is 4.90 Å². The van der Waals surface area contributed by atoms with E-state index >= 15 is 0 Å². The Morgan fingerprint density at radius 3 is 2.56 bits per heavy atom. The summed E-state index contributed by atoms with van der Waals surface area (Å²) in [4.78, 5) is 40.6. The van der Waals surface area contributed by atoms with E-state index in [-0.39, 0.29) is 18.9 Å². The second-order valence-electron chi connectivity index (χ2n) is 8.06. The second-order valence-corrected chi connectivity index (χ2v) is 8.06. The van der Waals surface area contributed by atoms with Crippen molar-refractivity contribution < 1.29 is 38.1 Å². The third kappa shape index (κ3) is 3.65. The molecule has 0 N–H and O–H groups in total. The highest BCUT2D eigenvalue weighted by atomic mass is 16.6. The van der Waals surface area contributed by atoms with Crippen LogP contribution in [0.2, 0.25) is 0 Å². The second kappa shape index (κ2) is 8.91. The molecule has 3 heterocycles. The van der Waals surface area contributed by atoms with Crippen LogP contribution in [0.25, 0.3) is 0 Å². The Hall–Kier alpha value is -2.91. The molecule has 2 saturated heterocycles. The van der Waals surface area contributed by atoms with Crippen molar-refractivity contribution in [3.63, 3.8) is 0 Å². The Morgan fingerprint density at radius 2 is 1.91 bits per heavy atom. The first-order valence-corrected chi connectivity index (χ1v) is 10.5. The number of carbonyl (C=O) groups is 3. The lowest BCUT2D eigenvalue weighted by atomic mass is 9.80. The fourth-order valence-electron chi connectivity index (χ4n) is 4.94. The van der Waals surface area contributed by atoms with Gasteiger partial charge in [-0.2, -0.15) is 0 Å². The summed E-state index contributed by atoms with van der Waals surface area (Å²) in [6.45, 7) is 0.555. The Bertz CT molecular complexity index is 913. The van der Waals surface area contributed by atoms with Gasteiger partial charge < -0.3 is 28.6 Å². The predicted octanol–water partition coefficient (Wildman–Crippen LogP) is 1.24. The summed E-state index contributed by atoms with van der Waals surface area (Å²) in [6.07, 6.45) is 3.01. The highest BCUT2D eigenvalue weighted by Gasteiger charge is 2.72. The number of hydrogen-bond donors (Lipinski definition) is 0. The van der Waals surface area contributed by atoms with E-state index in [0.717, 1.165) is 5.56 Å². The van der Waals surface area contributed by atoms with E-state index in [2.05, 4.69) is 0 Å². The molecule has 1 amide bonds. The third-order valence-corrected chi connectivity index (χ3v) is 6.36. The number of nitrogens with zero attached hydrogens (tertiary/aromatic N) is 1. The molecule has 1 aromatic carbocycles. The minimum Gasteiger partial charge on any atom is -0.497 e. The van der Waals surface area contributed by atoms with Gasteiger partial charge >= 0.3 is 11.9 Å². The maximum Gasteiger partial charge on any atom is 0.331 e. The molecule has 3 aliphatic heterocycles. The van der Waals surface area contributed by atoms with Crippen molar-refractivity contribution in [2.75, 3.05) is 27.9 Å². The van der Waals surface area contributed by atoms with Gasteiger partial charge in [0.1, 0.15) is 23.6 Å². The Kier molecular flexibility index (Phi) is 6.21. The molecule has 4 rings (SSSR count). The molecule has 3 aliphatic rings. The Labute approximate surface area is 186 Å². The highest BCUT2D eigenvalue weighted by Crippen LogP contribution is 2.52. The van der Waals surface area contributed by atoms with Gasteiger partial charge in [0.25, 0.3) is 0 Å². The van der Waals surface area contributed by atoms with E-state index in [1.807, 2.05) is 24.3 Å². The summed E-state index contributed by atoms with van der Waals surface area (Å²) in [5.41, 5.74) is -0.666. The maximum absolute atomic E-state index is 13.7. The molecular formula is C23H27NO8. The topological polar surface area (TPSA) is 101 Å². The number of hydrogen-bond acceptors (Lipinski definition) is 8. The van der Waals surface area contributed by atoms with Gasteiger partial charge in [-0.15, -0.1) is 0 Å². The van der Waals surface area contributed by atoms with Crippen molar-refractivity contribution in [3.05, 3.63) is 42.0 Å². The largest absolute Gasteiger partial charge is 0.497 e. The summed E-state index contributed by atoms with van der Waals surface area (Å²) >= 11 is 0. The third-order valence-electron chi connectivity index (χ3n) is 6.36. The van der Waals surface area contributed by atoms with E-state index in [0.29, 0.717) is 18.8 Å². The monoisotopic (exact) mass is 445 g/mol. The van der Waals surface area contributed by atoms with Gasteiger partial charge in [0.15, 0.2) is 6.04 Å². The van der Waals surface area contributed by atoms with Crippen molar-refractivity contribution in [2.45, 2.75) is 43.2 Å². The van der Waals surface area contributed by atoms with E-state index in [1.54, 1.807) is 19.2 Å². The molecular weight excluding hydrogens is 418 g/mol. The minimum atomic E-state index is -1.46. The zero-order valence-corrected chi connectivity index (χ0v) is 18.3. The maximum atomic E-state index is 13.7. The van der Waals surface area contributed by atoms with Crippen LogP contribution in [0, 0.1) is 5.92 Å². The molecule has 9 heteroatoms. The number of amides is 1. The number of rotatable bonds is 6. The number of benzene rings is 1. The number of ether oxygens (including phenoxy) is 5. The summed E-state index contributed by atoms with van der Waals surface area (Å²) < 4.78 is 27.5. The van der Waals surface area contributed by atoms with Crippen LogP contribution in [0.3, 0.4) is 0 Å². The molecule has 0 radical (unpaired) electrons. The van der Waals surface area contributed by atoms with Gasteiger partial charge in [-0.3, -0.25) is 9.59 Å². The molecule has 0 aromatic heterocycles. The molecule has 172 valence electrons. The van der Waals surface area contributed by atoms with Crippen molar-refractivity contribution >= 4 is 17.8 Å². The molecule has 0 aliphatic carbocycles. The van der Waals surface area contributed by atoms with Crippen LogP contribution in [0.5, 0.6) is 5.75 Å². The van der Waals surface area contributed by atoms with Crippen LogP contribution >= 0.6 is 0 Å². The molecule has 9 nitrogen and oxygen atoms in total. The average Bonchev–Trinajstić information content (AvgIpc) is 3.09. The van der Waals surface area contributed by atoms with Crippen LogP contribution in [-0.4, -0.2) is 74.5 Å². The molecule has 32 heavy (non-hydrogen) atoms.